The van der Waals surface area contributed by atoms with E-state index in [1.54, 1.807) is 24.3 Å². The maximum Gasteiger partial charge on any atom is 0.147 e. The molecule has 2 atom stereocenters. The van der Waals surface area contributed by atoms with E-state index in [-0.39, 0.29) is 0 Å². The van der Waals surface area contributed by atoms with Gasteiger partial charge in [0.15, 0.2) is 0 Å². The SMILES string of the molecule is NC(OS(=O)[O-])c1ccccc1. The molecule has 2 unspecified atom stereocenters. The van der Waals surface area contributed by atoms with Crippen LogP contribution in [0.15, 0.2) is 30.3 Å². The van der Waals surface area contributed by atoms with Gasteiger partial charge in [-0.1, -0.05) is 30.3 Å². The molecule has 0 aliphatic carbocycles. The molecule has 4 nitrogen and oxygen atoms in total. The van der Waals surface area contributed by atoms with Crippen LogP contribution in [0.25, 0.3) is 0 Å². The fraction of sp³-hybridized carbons (Fsp3) is 0.143. The first-order chi connectivity index (χ1) is 5.70. The Morgan fingerprint density at radius 1 is 1.42 bits per heavy atom. The summed E-state index contributed by atoms with van der Waals surface area (Å²) in [5.41, 5.74) is 6.01. The molecular formula is C7H8NO3S-. The van der Waals surface area contributed by atoms with Crippen LogP contribution in [-0.4, -0.2) is 8.76 Å². The van der Waals surface area contributed by atoms with Gasteiger partial charge < -0.3 is 10.3 Å². The van der Waals surface area contributed by atoms with Gasteiger partial charge in [0.1, 0.15) is 6.23 Å². The quantitative estimate of drug-likeness (QED) is 0.549. The molecule has 66 valence electrons. The Morgan fingerprint density at radius 3 is 2.50 bits per heavy atom. The predicted molar refractivity (Wildman–Crippen MR) is 43.4 cm³/mol. The summed E-state index contributed by atoms with van der Waals surface area (Å²) in [5.74, 6) is 0. The summed E-state index contributed by atoms with van der Waals surface area (Å²) in [6, 6.07) is 8.71. The Hall–Kier alpha value is -0.750. The molecule has 0 radical (unpaired) electrons. The van der Waals surface area contributed by atoms with Gasteiger partial charge >= 0.3 is 0 Å². The first kappa shape index (κ1) is 9.34. The zero-order chi connectivity index (χ0) is 8.97. The van der Waals surface area contributed by atoms with E-state index in [9.17, 15) is 8.76 Å². The van der Waals surface area contributed by atoms with Crippen LogP contribution in [0.4, 0.5) is 0 Å². The smallest absolute Gasteiger partial charge is 0.147 e. The van der Waals surface area contributed by atoms with Crippen molar-refractivity contribution < 1.29 is 12.9 Å². The van der Waals surface area contributed by atoms with Gasteiger partial charge in [0.05, 0.1) is 11.4 Å². The molecule has 0 spiro atoms. The third-order valence-corrected chi connectivity index (χ3v) is 1.67. The summed E-state index contributed by atoms with van der Waals surface area (Å²) in [7, 11) is 0. The van der Waals surface area contributed by atoms with Crippen molar-refractivity contribution >= 4 is 11.4 Å². The van der Waals surface area contributed by atoms with E-state index >= 15 is 0 Å². The van der Waals surface area contributed by atoms with Crippen LogP contribution < -0.4 is 5.73 Å². The molecule has 0 aliphatic rings. The van der Waals surface area contributed by atoms with Crippen LogP contribution in [0, 0.1) is 0 Å². The van der Waals surface area contributed by atoms with Crippen LogP contribution in [0.1, 0.15) is 11.8 Å². The number of rotatable bonds is 3. The largest absolute Gasteiger partial charge is 0.750 e. The average molecular weight is 186 g/mol. The number of nitrogens with two attached hydrogens (primary N) is 1. The minimum atomic E-state index is -2.57. The summed E-state index contributed by atoms with van der Waals surface area (Å²) in [6.07, 6.45) is -0.912. The molecule has 12 heavy (non-hydrogen) atoms. The third-order valence-electron chi connectivity index (χ3n) is 1.31. The molecule has 1 aromatic rings. The van der Waals surface area contributed by atoms with E-state index in [2.05, 4.69) is 4.18 Å². The van der Waals surface area contributed by atoms with Gasteiger partial charge in [-0.15, -0.1) is 0 Å². The summed E-state index contributed by atoms with van der Waals surface area (Å²) in [5, 5.41) is 0. The standard InChI is InChI=1S/C7H9NO3S/c8-7(11-12(9)10)6-4-2-1-3-5-6/h1-5,7H,8H2,(H,9,10)/p-1. The molecule has 0 aromatic heterocycles. The Bertz CT molecular complexity index is 265. The van der Waals surface area contributed by atoms with Crippen LogP contribution in [0.3, 0.4) is 0 Å². The average Bonchev–Trinajstić information content (AvgIpc) is 2.05. The van der Waals surface area contributed by atoms with Crippen molar-refractivity contribution in [2.45, 2.75) is 6.23 Å². The van der Waals surface area contributed by atoms with E-state index in [4.69, 9.17) is 5.73 Å². The zero-order valence-corrected chi connectivity index (χ0v) is 6.99. The summed E-state index contributed by atoms with van der Waals surface area (Å²) >= 11 is -2.57. The van der Waals surface area contributed by atoms with E-state index < -0.39 is 17.6 Å². The minimum absolute atomic E-state index is 0.627. The minimum Gasteiger partial charge on any atom is -0.750 e. The Balaban J connectivity index is 2.65. The van der Waals surface area contributed by atoms with Gasteiger partial charge in [-0.3, -0.25) is 4.18 Å². The first-order valence-electron chi connectivity index (χ1n) is 3.27. The first-order valence-corrected chi connectivity index (χ1v) is 4.27. The molecule has 5 heteroatoms. The van der Waals surface area contributed by atoms with Crippen LogP contribution >= 0.6 is 0 Å². The van der Waals surface area contributed by atoms with Crippen LogP contribution in [0.2, 0.25) is 0 Å². The van der Waals surface area contributed by atoms with Crippen molar-refractivity contribution in [3.63, 3.8) is 0 Å². The molecule has 0 saturated carbocycles. The molecule has 0 aliphatic heterocycles. The number of benzene rings is 1. The second-order valence-electron chi connectivity index (χ2n) is 2.13. The Morgan fingerprint density at radius 2 is 2.00 bits per heavy atom. The highest BCUT2D eigenvalue weighted by Crippen LogP contribution is 2.10. The molecule has 1 rings (SSSR count). The van der Waals surface area contributed by atoms with Gasteiger partial charge in [0.25, 0.3) is 0 Å². The highest BCUT2D eigenvalue weighted by Gasteiger charge is 2.04. The maximum atomic E-state index is 10.1. The number of hydrogen-bond donors (Lipinski definition) is 1. The third kappa shape index (κ3) is 2.71. The van der Waals surface area contributed by atoms with E-state index in [0.29, 0.717) is 5.56 Å². The molecule has 2 N–H and O–H groups in total. The Kier molecular flexibility index (Phi) is 3.36. The van der Waals surface area contributed by atoms with E-state index in [0.717, 1.165) is 0 Å². The van der Waals surface area contributed by atoms with Crippen molar-refractivity contribution in [3.8, 4) is 0 Å². The van der Waals surface area contributed by atoms with Crippen molar-refractivity contribution in [2.24, 2.45) is 5.73 Å². The van der Waals surface area contributed by atoms with Crippen molar-refractivity contribution in [2.75, 3.05) is 0 Å². The maximum absolute atomic E-state index is 10.1. The fourth-order valence-corrected chi connectivity index (χ4v) is 1.06. The van der Waals surface area contributed by atoms with Crippen LogP contribution in [0.5, 0.6) is 0 Å². The molecule has 0 heterocycles. The lowest BCUT2D eigenvalue weighted by Crippen LogP contribution is -2.15. The lowest BCUT2D eigenvalue weighted by Gasteiger charge is -2.13. The molecular weight excluding hydrogens is 178 g/mol. The van der Waals surface area contributed by atoms with Crippen molar-refractivity contribution in [3.05, 3.63) is 35.9 Å². The highest BCUT2D eigenvalue weighted by molar-refractivity contribution is 7.74. The summed E-state index contributed by atoms with van der Waals surface area (Å²) in [6.45, 7) is 0. The van der Waals surface area contributed by atoms with Gasteiger partial charge in [-0.2, -0.15) is 0 Å². The lowest BCUT2D eigenvalue weighted by atomic mass is 10.2. The summed E-state index contributed by atoms with van der Waals surface area (Å²) in [4.78, 5) is 0. The van der Waals surface area contributed by atoms with Gasteiger partial charge in [-0.25, -0.2) is 4.21 Å². The second-order valence-corrected chi connectivity index (χ2v) is 2.73. The monoisotopic (exact) mass is 186 g/mol. The van der Waals surface area contributed by atoms with E-state index in [1.165, 1.54) is 0 Å². The summed E-state index contributed by atoms with van der Waals surface area (Å²) < 4.78 is 24.5. The molecule has 0 fully saturated rings. The lowest BCUT2D eigenvalue weighted by molar-refractivity contribution is 0.212. The van der Waals surface area contributed by atoms with Gasteiger partial charge in [0.2, 0.25) is 0 Å². The topological polar surface area (TPSA) is 75.4 Å². The van der Waals surface area contributed by atoms with Crippen molar-refractivity contribution in [1.29, 1.82) is 0 Å². The van der Waals surface area contributed by atoms with E-state index in [1.807, 2.05) is 6.07 Å². The molecule has 0 bridgehead atoms. The Labute approximate surface area is 72.8 Å². The molecule has 0 amide bonds. The predicted octanol–water partition coefficient (Wildman–Crippen LogP) is 0.455. The van der Waals surface area contributed by atoms with Gasteiger partial charge in [-0.05, 0) is 5.56 Å². The molecule has 0 saturated heterocycles. The second kappa shape index (κ2) is 4.32. The molecule has 1 aromatic carbocycles. The number of hydrogen-bond acceptors (Lipinski definition) is 4. The highest BCUT2D eigenvalue weighted by atomic mass is 32.2. The van der Waals surface area contributed by atoms with Crippen LogP contribution in [-0.2, 0) is 15.5 Å². The van der Waals surface area contributed by atoms with Gasteiger partial charge in [0, 0.05) is 0 Å². The zero-order valence-electron chi connectivity index (χ0n) is 6.17. The normalized spacial score (nSPS) is 15.5. The van der Waals surface area contributed by atoms with Crippen molar-refractivity contribution in [1.82, 2.24) is 0 Å². The fourth-order valence-electron chi connectivity index (χ4n) is 0.783.